The number of fused-ring (bicyclic) bond motifs is 1. The fourth-order valence-electron chi connectivity index (χ4n) is 2.53. The van der Waals surface area contributed by atoms with E-state index in [1.165, 1.54) is 20.2 Å². The van der Waals surface area contributed by atoms with Crippen molar-refractivity contribution in [3.63, 3.8) is 0 Å². The van der Waals surface area contributed by atoms with Crippen LogP contribution in [0, 0.1) is 0 Å². The quantitative estimate of drug-likeness (QED) is 0.924. The Bertz CT molecular complexity index is 536. The molecule has 2 atom stereocenters. The second kappa shape index (κ2) is 5.70. The molecule has 0 saturated carbocycles. The van der Waals surface area contributed by atoms with Gasteiger partial charge in [0.25, 0.3) is 0 Å². The fraction of sp³-hybridized carbons (Fsp3) is 0.375. The molecule has 1 aliphatic heterocycles. The maximum absolute atomic E-state index is 6.43. The zero-order chi connectivity index (χ0) is 13.2. The molecule has 3 rings (SSSR count). The first kappa shape index (κ1) is 13.2. The van der Waals surface area contributed by atoms with Gasteiger partial charge in [-0.05, 0) is 43.0 Å². The SMILES string of the molecule is CCc1ccc(CC(N)C2Cc3ccccc3S2)s1. The fourth-order valence-corrected chi connectivity index (χ4v) is 4.88. The van der Waals surface area contributed by atoms with E-state index in [2.05, 4.69) is 43.3 Å². The summed E-state index contributed by atoms with van der Waals surface area (Å²) in [6.45, 7) is 2.21. The van der Waals surface area contributed by atoms with E-state index in [0.29, 0.717) is 5.25 Å². The maximum atomic E-state index is 6.43. The lowest BCUT2D eigenvalue weighted by atomic mass is 10.0. The number of aryl methyl sites for hydroxylation is 1. The third-order valence-corrected chi connectivity index (χ3v) is 6.38. The first-order chi connectivity index (χ1) is 9.26. The Morgan fingerprint density at radius 1 is 1.21 bits per heavy atom. The lowest BCUT2D eigenvalue weighted by Gasteiger charge is -2.17. The Morgan fingerprint density at radius 3 is 2.74 bits per heavy atom. The van der Waals surface area contributed by atoms with Gasteiger partial charge in [0.2, 0.25) is 0 Å². The van der Waals surface area contributed by atoms with E-state index in [9.17, 15) is 0 Å². The Balaban J connectivity index is 1.65. The highest BCUT2D eigenvalue weighted by molar-refractivity contribution is 8.00. The molecule has 2 unspecified atom stereocenters. The van der Waals surface area contributed by atoms with Gasteiger partial charge in [-0.15, -0.1) is 23.1 Å². The van der Waals surface area contributed by atoms with Crippen molar-refractivity contribution in [2.24, 2.45) is 5.73 Å². The van der Waals surface area contributed by atoms with Crippen molar-refractivity contribution >= 4 is 23.1 Å². The van der Waals surface area contributed by atoms with Crippen LogP contribution in [0.5, 0.6) is 0 Å². The number of thiophene rings is 1. The predicted molar refractivity (Wildman–Crippen MR) is 85.2 cm³/mol. The Morgan fingerprint density at radius 2 is 2.00 bits per heavy atom. The molecular weight excluding hydrogens is 270 g/mol. The average Bonchev–Trinajstić information content (AvgIpc) is 3.04. The van der Waals surface area contributed by atoms with E-state index in [-0.39, 0.29) is 6.04 Å². The highest BCUT2D eigenvalue weighted by Crippen LogP contribution is 2.38. The summed E-state index contributed by atoms with van der Waals surface area (Å²) in [5.74, 6) is 0. The van der Waals surface area contributed by atoms with Gasteiger partial charge in [0.15, 0.2) is 0 Å². The summed E-state index contributed by atoms with van der Waals surface area (Å²) >= 11 is 3.87. The van der Waals surface area contributed by atoms with E-state index in [1.54, 1.807) is 0 Å². The standard InChI is InChI=1S/C16H19NS2/c1-2-12-7-8-13(18-12)10-14(17)16-9-11-5-3-4-6-15(11)19-16/h3-8,14,16H,2,9-10,17H2,1H3. The lowest BCUT2D eigenvalue weighted by molar-refractivity contribution is 0.637. The van der Waals surface area contributed by atoms with Gasteiger partial charge in [-0.3, -0.25) is 0 Å². The molecule has 0 bridgehead atoms. The number of nitrogens with two attached hydrogens (primary N) is 1. The zero-order valence-electron chi connectivity index (χ0n) is 11.1. The minimum atomic E-state index is 0.251. The molecule has 0 fully saturated rings. The molecule has 2 aromatic rings. The molecule has 1 aromatic carbocycles. The van der Waals surface area contributed by atoms with Gasteiger partial charge in [0.05, 0.1) is 0 Å². The summed E-state index contributed by atoms with van der Waals surface area (Å²) < 4.78 is 0. The molecule has 3 heteroatoms. The van der Waals surface area contributed by atoms with Crippen molar-refractivity contribution in [1.82, 2.24) is 0 Å². The van der Waals surface area contributed by atoms with Gasteiger partial charge >= 0.3 is 0 Å². The third-order valence-electron chi connectivity index (χ3n) is 3.65. The maximum Gasteiger partial charge on any atom is 0.0290 e. The summed E-state index contributed by atoms with van der Waals surface area (Å²) in [6.07, 6.45) is 3.26. The highest BCUT2D eigenvalue weighted by atomic mass is 32.2. The molecule has 100 valence electrons. The Kier molecular flexibility index (Phi) is 3.96. The summed E-state index contributed by atoms with van der Waals surface area (Å²) in [5.41, 5.74) is 7.89. The molecule has 2 heterocycles. The van der Waals surface area contributed by atoms with Gasteiger partial charge < -0.3 is 5.73 Å². The molecule has 1 nitrogen and oxygen atoms in total. The van der Waals surface area contributed by atoms with Crippen molar-refractivity contribution < 1.29 is 0 Å². The van der Waals surface area contributed by atoms with E-state index in [1.807, 2.05) is 23.1 Å². The molecule has 0 radical (unpaired) electrons. The van der Waals surface area contributed by atoms with E-state index < -0.39 is 0 Å². The molecule has 0 aliphatic carbocycles. The van der Waals surface area contributed by atoms with Crippen molar-refractivity contribution in [3.05, 3.63) is 51.7 Å². The van der Waals surface area contributed by atoms with Crippen LogP contribution in [-0.2, 0) is 19.3 Å². The molecule has 2 N–H and O–H groups in total. The smallest absolute Gasteiger partial charge is 0.0290 e. The third kappa shape index (κ3) is 2.88. The number of benzene rings is 1. The van der Waals surface area contributed by atoms with Gasteiger partial charge in [-0.25, -0.2) is 0 Å². The molecule has 1 aromatic heterocycles. The summed E-state index contributed by atoms with van der Waals surface area (Å²) in [6, 6.07) is 13.4. The first-order valence-electron chi connectivity index (χ1n) is 6.84. The van der Waals surface area contributed by atoms with Gasteiger partial charge in [-0.2, -0.15) is 0 Å². The lowest BCUT2D eigenvalue weighted by Crippen LogP contribution is -2.34. The van der Waals surface area contributed by atoms with E-state index in [0.717, 1.165) is 19.3 Å². The van der Waals surface area contributed by atoms with Crippen LogP contribution in [0.4, 0.5) is 0 Å². The second-order valence-electron chi connectivity index (χ2n) is 5.06. The summed E-state index contributed by atoms with van der Waals surface area (Å²) in [5, 5.41) is 0.532. The van der Waals surface area contributed by atoms with Crippen LogP contribution in [-0.4, -0.2) is 11.3 Å². The number of rotatable bonds is 4. The monoisotopic (exact) mass is 289 g/mol. The van der Waals surface area contributed by atoms with Crippen molar-refractivity contribution in [2.45, 2.75) is 42.4 Å². The summed E-state index contributed by atoms with van der Waals surface area (Å²) in [7, 11) is 0. The Labute approximate surface area is 123 Å². The largest absolute Gasteiger partial charge is 0.326 e. The van der Waals surface area contributed by atoms with Crippen molar-refractivity contribution in [3.8, 4) is 0 Å². The average molecular weight is 289 g/mol. The van der Waals surface area contributed by atoms with Gasteiger partial charge in [0.1, 0.15) is 0 Å². The minimum absolute atomic E-state index is 0.251. The topological polar surface area (TPSA) is 26.0 Å². The van der Waals surface area contributed by atoms with Crippen LogP contribution in [0.1, 0.15) is 22.2 Å². The van der Waals surface area contributed by atoms with Gasteiger partial charge in [-0.1, -0.05) is 25.1 Å². The number of hydrogen-bond acceptors (Lipinski definition) is 3. The van der Waals surface area contributed by atoms with Crippen molar-refractivity contribution in [1.29, 1.82) is 0 Å². The van der Waals surface area contributed by atoms with Crippen LogP contribution in [0.25, 0.3) is 0 Å². The van der Waals surface area contributed by atoms with Crippen molar-refractivity contribution in [2.75, 3.05) is 0 Å². The first-order valence-corrected chi connectivity index (χ1v) is 8.53. The molecule has 19 heavy (non-hydrogen) atoms. The number of thioether (sulfide) groups is 1. The minimum Gasteiger partial charge on any atom is -0.326 e. The molecular formula is C16H19NS2. The van der Waals surface area contributed by atoms with Gasteiger partial charge in [0, 0.05) is 25.9 Å². The van der Waals surface area contributed by atoms with Crippen LogP contribution in [0.3, 0.4) is 0 Å². The molecule has 0 saturated heterocycles. The summed E-state index contributed by atoms with van der Waals surface area (Å²) in [4.78, 5) is 4.31. The molecule has 1 aliphatic rings. The van der Waals surface area contributed by atoms with Crippen LogP contribution >= 0.6 is 23.1 Å². The molecule has 0 amide bonds. The van der Waals surface area contributed by atoms with Crippen LogP contribution in [0.2, 0.25) is 0 Å². The Hall–Kier alpha value is -0.770. The normalized spacial score (nSPS) is 19.4. The van der Waals surface area contributed by atoms with Crippen LogP contribution in [0.15, 0.2) is 41.3 Å². The highest BCUT2D eigenvalue weighted by Gasteiger charge is 2.27. The zero-order valence-corrected chi connectivity index (χ0v) is 12.8. The predicted octanol–water partition coefficient (Wildman–Crippen LogP) is 3.90. The number of hydrogen-bond donors (Lipinski definition) is 1. The molecule has 0 spiro atoms. The van der Waals surface area contributed by atoms with E-state index >= 15 is 0 Å². The van der Waals surface area contributed by atoms with E-state index in [4.69, 9.17) is 5.73 Å². The second-order valence-corrected chi connectivity index (χ2v) is 7.59. The van der Waals surface area contributed by atoms with Crippen LogP contribution < -0.4 is 5.73 Å².